The second-order valence-corrected chi connectivity index (χ2v) is 7.43. The third kappa shape index (κ3) is 6.29. The third-order valence-electron chi connectivity index (χ3n) is 4.01. The van der Waals surface area contributed by atoms with Crippen molar-refractivity contribution < 1.29 is 23.9 Å². The molecule has 0 radical (unpaired) electrons. The Labute approximate surface area is 154 Å². The van der Waals surface area contributed by atoms with Gasteiger partial charge in [-0.25, -0.2) is 4.79 Å². The molecular weight excluding hydrogens is 340 g/mol. The van der Waals surface area contributed by atoms with Crippen molar-refractivity contribution in [1.29, 1.82) is 0 Å². The highest BCUT2D eigenvalue weighted by Crippen LogP contribution is 2.21. The number of carbonyl (C=O) groups is 4. The van der Waals surface area contributed by atoms with Crippen LogP contribution in [0.15, 0.2) is 0 Å². The summed E-state index contributed by atoms with van der Waals surface area (Å²) in [7, 11) is 1.60. The minimum absolute atomic E-state index is 0.422. The highest BCUT2D eigenvalue weighted by molar-refractivity contribution is 6.01. The molecule has 9 nitrogen and oxygen atoms in total. The average Bonchev–Trinajstić information content (AvgIpc) is 3.01. The molecule has 0 bridgehead atoms. The van der Waals surface area contributed by atoms with Gasteiger partial charge in [0.2, 0.25) is 17.7 Å². The molecule has 0 aliphatic carbocycles. The molecule has 3 N–H and O–H groups in total. The Morgan fingerprint density at radius 2 is 1.65 bits per heavy atom. The Balaban J connectivity index is 2.63. The second kappa shape index (κ2) is 8.98. The highest BCUT2D eigenvalue weighted by Gasteiger charge is 2.37. The normalized spacial score (nSPS) is 19.5. The molecular formula is C17H30N4O5. The number of hydrogen-bond acceptors (Lipinski definition) is 6. The summed E-state index contributed by atoms with van der Waals surface area (Å²) in [5.74, 6) is -1.52. The molecule has 1 saturated heterocycles. The van der Waals surface area contributed by atoms with Crippen molar-refractivity contribution in [2.24, 2.45) is 0 Å². The summed E-state index contributed by atoms with van der Waals surface area (Å²) in [6, 6.07) is -2.12. The number of carbonyl (C=O) groups excluding carboxylic acids is 4. The topological polar surface area (TPSA) is 117 Å². The summed E-state index contributed by atoms with van der Waals surface area (Å²) in [5, 5.41) is 7.51. The SMILES string of the molecule is CN[C@@H](C)C(=O)NC(=O)[C@@H](C)NC(=O)[C@@H]1CCCN1C(=O)OC(C)(C)C. The van der Waals surface area contributed by atoms with E-state index in [2.05, 4.69) is 16.0 Å². The van der Waals surface area contributed by atoms with Crippen molar-refractivity contribution in [1.82, 2.24) is 20.9 Å². The smallest absolute Gasteiger partial charge is 0.410 e. The molecule has 9 heteroatoms. The number of hydrogen-bond donors (Lipinski definition) is 3. The van der Waals surface area contributed by atoms with Gasteiger partial charge in [0, 0.05) is 6.54 Å². The summed E-state index contributed by atoms with van der Waals surface area (Å²) >= 11 is 0. The lowest BCUT2D eigenvalue weighted by Crippen LogP contribution is -2.54. The lowest BCUT2D eigenvalue weighted by Gasteiger charge is -2.28. The van der Waals surface area contributed by atoms with Crippen molar-refractivity contribution in [3.8, 4) is 0 Å². The Hall–Kier alpha value is -2.16. The zero-order valence-electron chi connectivity index (χ0n) is 16.3. The number of ether oxygens (including phenoxy) is 1. The van der Waals surface area contributed by atoms with E-state index in [-0.39, 0.29) is 0 Å². The zero-order valence-corrected chi connectivity index (χ0v) is 16.3. The first-order valence-corrected chi connectivity index (χ1v) is 8.78. The largest absolute Gasteiger partial charge is 0.444 e. The molecule has 4 amide bonds. The molecule has 0 unspecified atom stereocenters. The number of nitrogens with one attached hydrogen (secondary N) is 3. The van der Waals surface area contributed by atoms with Crippen LogP contribution in [-0.4, -0.2) is 66.0 Å². The summed E-state index contributed by atoms with van der Waals surface area (Å²) in [5.41, 5.74) is -0.655. The lowest BCUT2D eigenvalue weighted by molar-refractivity contribution is -0.135. The quantitative estimate of drug-likeness (QED) is 0.634. The molecule has 26 heavy (non-hydrogen) atoms. The van der Waals surface area contributed by atoms with Crippen molar-refractivity contribution in [2.75, 3.05) is 13.6 Å². The van der Waals surface area contributed by atoms with Crippen LogP contribution in [0.2, 0.25) is 0 Å². The van der Waals surface area contributed by atoms with E-state index in [1.54, 1.807) is 34.7 Å². The van der Waals surface area contributed by atoms with Gasteiger partial charge in [0.05, 0.1) is 6.04 Å². The van der Waals surface area contributed by atoms with E-state index >= 15 is 0 Å². The van der Waals surface area contributed by atoms with Gasteiger partial charge < -0.3 is 15.4 Å². The van der Waals surface area contributed by atoms with Crippen LogP contribution in [0, 0.1) is 0 Å². The van der Waals surface area contributed by atoms with Crippen molar-refractivity contribution in [3.05, 3.63) is 0 Å². The lowest BCUT2D eigenvalue weighted by atomic mass is 10.2. The Morgan fingerprint density at radius 1 is 1.08 bits per heavy atom. The monoisotopic (exact) mass is 370 g/mol. The summed E-state index contributed by atoms with van der Waals surface area (Å²) in [6.07, 6.45) is 0.621. The Morgan fingerprint density at radius 3 is 2.19 bits per heavy atom. The molecule has 0 aromatic carbocycles. The number of nitrogens with zero attached hydrogens (tertiary/aromatic N) is 1. The number of likely N-dealkylation sites (tertiary alicyclic amines) is 1. The standard InChI is InChI=1S/C17H30N4O5/c1-10(18-6)13(22)20-14(23)11(2)19-15(24)12-8-7-9-21(12)16(25)26-17(3,4)5/h10-12,18H,7-9H2,1-6H3,(H,19,24)(H,20,22,23)/t10-,11+,12-/m0/s1. The predicted octanol–water partition coefficient (Wildman–Crippen LogP) is 0.141. The molecule has 1 aliphatic heterocycles. The van der Waals surface area contributed by atoms with E-state index in [4.69, 9.17) is 4.74 Å². The maximum Gasteiger partial charge on any atom is 0.410 e. The third-order valence-corrected chi connectivity index (χ3v) is 4.01. The van der Waals surface area contributed by atoms with Crippen molar-refractivity contribution in [2.45, 2.75) is 71.2 Å². The average molecular weight is 370 g/mol. The summed E-state index contributed by atoms with van der Waals surface area (Å²) < 4.78 is 5.32. The van der Waals surface area contributed by atoms with Crippen molar-refractivity contribution >= 4 is 23.8 Å². The van der Waals surface area contributed by atoms with E-state index in [1.807, 2.05) is 0 Å². The fraction of sp³-hybridized carbons (Fsp3) is 0.765. The molecule has 0 spiro atoms. The van der Waals surface area contributed by atoms with Crippen LogP contribution in [0.25, 0.3) is 0 Å². The molecule has 3 atom stereocenters. The van der Waals surface area contributed by atoms with Crippen LogP contribution < -0.4 is 16.0 Å². The number of rotatable bonds is 5. The molecule has 1 aliphatic rings. The van der Waals surface area contributed by atoms with Crippen LogP contribution in [0.5, 0.6) is 0 Å². The maximum absolute atomic E-state index is 12.5. The van der Waals surface area contributed by atoms with E-state index in [0.717, 1.165) is 0 Å². The first-order chi connectivity index (χ1) is 12.0. The van der Waals surface area contributed by atoms with E-state index in [1.165, 1.54) is 11.8 Å². The molecule has 0 aromatic rings. The van der Waals surface area contributed by atoms with Gasteiger partial charge in [0.1, 0.15) is 17.7 Å². The van der Waals surface area contributed by atoms with Crippen LogP contribution in [0.3, 0.4) is 0 Å². The Kier molecular flexibility index (Phi) is 7.55. The van der Waals surface area contributed by atoms with Gasteiger partial charge in [-0.1, -0.05) is 0 Å². The van der Waals surface area contributed by atoms with Gasteiger partial charge in [0.25, 0.3) is 0 Å². The summed E-state index contributed by atoms with van der Waals surface area (Å²) in [6.45, 7) is 8.79. The van der Waals surface area contributed by atoms with Gasteiger partial charge in [-0.15, -0.1) is 0 Å². The summed E-state index contributed by atoms with van der Waals surface area (Å²) in [4.78, 5) is 49.9. The van der Waals surface area contributed by atoms with Gasteiger partial charge in [-0.3, -0.25) is 24.6 Å². The minimum atomic E-state index is -0.906. The molecule has 0 saturated carbocycles. The van der Waals surface area contributed by atoms with E-state index in [0.29, 0.717) is 19.4 Å². The molecule has 148 valence electrons. The van der Waals surface area contributed by atoms with Gasteiger partial charge in [0.15, 0.2) is 0 Å². The van der Waals surface area contributed by atoms with E-state index in [9.17, 15) is 19.2 Å². The zero-order chi connectivity index (χ0) is 20.1. The first kappa shape index (κ1) is 21.9. The number of imide groups is 1. The van der Waals surface area contributed by atoms with Gasteiger partial charge in [-0.2, -0.15) is 0 Å². The molecule has 0 aromatic heterocycles. The minimum Gasteiger partial charge on any atom is -0.444 e. The predicted molar refractivity (Wildman–Crippen MR) is 95.2 cm³/mol. The van der Waals surface area contributed by atoms with E-state index < -0.39 is 47.5 Å². The van der Waals surface area contributed by atoms with Crippen LogP contribution in [0.4, 0.5) is 4.79 Å². The van der Waals surface area contributed by atoms with Crippen LogP contribution >= 0.6 is 0 Å². The number of likely N-dealkylation sites (N-methyl/N-ethyl adjacent to an activating group) is 1. The van der Waals surface area contributed by atoms with Gasteiger partial charge in [-0.05, 0) is 54.5 Å². The first-order valence-electron chi connectivity index (χ1n) is 8.78. The fourth-order valence-corrected chi connectivity index (χ4v) is 2.42. The highest BCUT2D eigenvalue weighted by atomic mass is 16.6. The van der Waals surface area contributed by atoms with Gasteiger partial charge >= 0.3 is 6.09 Å². The van der Waals surface area contributed by atoms with Crippen LogP contribution in [-0.2, 0) is 19.1 Å². The molecule has 1 fully saturated rings. The Bertz CT molecular complexity index is 558. The van der Waals surface area contributed by atoms with Crippen LogP contribution in [0.1, 0.15) is 47.5 Å². The molecule has 1 rings (SSSR count). The fourth-order valence-electron chi connectivity index (χ4n) is 2.42. The van der Waals surface area contributed by atoms with Crippen molar-refractivity contribution in [3.63, 3.8) is 0 Å². The number of amides is 4. The molecule has 1 heterocycles. The maximum atomic E-state index is 12.5. The second-order valence-electron chi connectivity index (χ2n) is 7.43.